The molecule has 0 aromatic heterocycles. The van der Waals surface area contributed by atoms with Crippen LogP contribution in [0.15, 0.2) is 18.2 Å². The Morgan fingerprint density at radius 2 is 1.57 bits per heavy atom. The molecule has 1 aromatic carbocycles. The molecule has 0 aliphatic rings. The highest BCUT2D eigenvalue weighted by molar-refractivity contribution is 6.34. The largest absolute Gasteiger partial charge is 0.466 e. The molecule has 0 aliphatic heterocycles. The van der Waals surface area contributed by atoms with E-state index in [1.165, 1.54) is 12.1 Å². The molecule has 1 aromatic rings. The van der Waals surface area contributed by atoms with Crippen molar-refractivity contribution in [1.82, 2.24) is 0 Å². The number of unbranched alkanes of at least 4 members (excludes halogenated alkanes) is 3. The molecule has 0 atom stereocenters. The van der Waals surface area contributed by atoms with Crippen molar-refractivity contribution in [3.8, 4) is 5.75 Å². The zero-order chi connectivity index (χ0) is 17.1. The summed E-state index contributed by atoms with van der Waals surface area (Å²) in [7, 11) is 0. The number of halogens is 2. The van der Waals surface area contributed by atoms with Gasteiger partial charge in [-0.1, -0.05) is 49.4 Å². The van der Waals surface area contributed by atoms with Crippen LogP contribution in [0.3, 0.4) is 0 Å². The minimum absolute atomic E-state index is 0.134. The van der Waals surface area contributed by atoms with E-state index >= 15 is 0 Å². The number of hydrogen-bond donors (Lipinski definition) is 0. The van der Waals surface area contributed by atoms with Crippen LogP contribution in [0.5, 0.6) is 5.75 Å². The molecule has 0 saturated heterocycles. The second-order valence-corrected chi connectivity index (χ2v) is 6.09. The van der Waals surface area contributed by atoms with E-state index in [9.17, 15) is 9.59 Å². The predicted molar refractivity (Wildman–Crippen MR) is 91.0 cm³/mol. The Morgan fingerprint density at radius 1 is 0.913 bits per heavy atom. The first kappa shape index (κ1) is 19.8. The minimum atomic E-state index is -0.431. The van der Waals surface area contributed by atoms with Crippen LogP contribution < -0.4 is 4.74 Å². The van der Waals surface area contributed by atoms with E-state index in [2.05, 4.69) is 6.92 Å². The summed E-state index contributed by atoms with van der Waals surface area (Å²) in [5.41, 5.74) is 0. The molecule has 0 saturated carbocycles. The van der Waals surface area contributed by atoms with Gasteiger partial charge in [-0.2, -0.15) is 0 Å². The van der Waals surface area contributed by atoms with Crippen LogP contribution in [0.25, 0.3) is 0 Å². The third kappa shape index (κ3) is 9.47. The molecule has 0 bridgehead atoms. The van der Waals surface area contributed by atoms with E-state index in [-0.39, 0.29) is 18.8 Å². The lowest BCUT2D eigenvalue weighted by Gasteiger charge is -2.06. The first-order valence-electron chi connectivity index (χ1n) is 7.83. The lowest BCUT2D eigenvalue weighted by atomic mass is 10.2. The van der Waals surface area contributed by atoms with Crippen LogP contribution in [-0.4, -0.2) is 18.5 Å². The number of rotatable bonds is 10. The van der Waals surface area contributed by atoms with Crippen molar-refractivity contribution in [3.63, 3.8) is 0 Å². The monoisotopic (exact) mass is 360 g/mol. The maximum absolute atomic E-state index is 11.7. The highest BCUT2D eigenvalue weighted by Crippen LogP contribution is 2.24. The highest BCUT2D eigenvalue weighted by atomic mass is 35.5. The third-order valence-corrected chi connectivity index (χ3v) is 3.53. The van der Waals surface area contributed by atoms with Crippen LogP contribution in [0.2, 0.25) is 10.0 Å². The van der Waals surface area contributed by atoms with Gasteiger partial charge >= 0.3 is 11.9 Å². The van der Waals surface area contributed by atoms with Gasteiger partial charge in [-0.3, -0.25) is 9.59 Å². The smallest absolute Gasteiger partial charge is 0.311 e. The van der Waals surface area contributed by atoms with Crippen LogP contribution in [0.1, 0.15) is 51.9 Å². The summed E-state index contributed by atoms with van der Waals surface area (Å²) >= 11 is 11.6. The van der Waals surface area contributed by atoms with Gasteiger partial charge in [0.2, 0.25) is 0 Å². The SMILES string of the molecule is CCCCCCOC(=O)CCCC(=O)Oc1cc(Cl)cc(Cl)c1. The van der Waals surface area contributed by atoms with E-state index in [1.807, 2.05) is 0 Å². The van der Waals surface area contributed by atoms with E-state index in [4.69, 9.17) is 32.7 Å². The first-order chi connectivity index (χ1) is 11.0. The molecule has 23 heavy (non-hydrogen) atoms. The topological polar surface area (TPSA) is 52.6 Å². The molecule has 0 fully saturated rings. The van der Waals surface area contributed by atoms with E-state index in [0.717, 1.165) is 25.7 Å². The van der Waals surface area contributed by atoms with Crippen molar-refractivity contribution < 1.29 is 19.1 Å². The van der Waals surface area contributed by atoms with Crippen molar-refractivity contribution in [2.24, 2.45) is 0 Å². The van der Waals surface area contributed by atoms with Crippen LogP contribution >= 0.6 is 23.2 Å². The van der Waals surface area contributed by atoms with E-state index < -0.39 is 5.97 Å². The average molecular weight is 361 g/mol. The summed E-state index contributed by atoms with van der Waals surface area (Å²) in [6, 6.07) is 4.57. The molecule has 0 spiro atoms. The van der Waals surface area contributed by atoms with Gasteiger partial charge in [0.1, 0.15) is 5.75 Å². The average Bonchev–Trinajstić information content (AvgIpc) is 2.45. The lowest BCUT2D eigenvalue weighted by molar-refractivity contribution is -0.144. The molecule has 0 unspecified atom stereocenters. The Labute approximate surface area is 147 Å². The second-order valence-electron chi connectivity index (χ2n) is 5.21. The van der Waals surface area contributed by atoms with Gasteiger partial charge in [0.05, 0.1) is 6.61 Å². The van der Waals surface area contributed by atoms with Gasteiger partial charge in [-0.25, -0.2) is 0 Å². The van der Waals surface area contributed by atoms with Gasteiger partial charge < -0.3 is 9.47 Å². The summed E-state index contributed by atoms with van der Waals surface area (Å²) in [6.07, 6.45) is 4.98. The Bertz CT molecular complexity index is 497. The second kappa shape index (κ2) is 11.3. The van der Waals surface area contributed by atoms with Gasteiger partial charge in [0.15, 0.2) is 0 Å². The molecular weight excluding hydrogens is 339 g/mol. The Hall–Kier alpha value is -1.26. The van der Waals surface area contributed by atoms with Crippen molar-refractivity contribution in [1.29, 1.82) is 0 Å². The standard InChI is InChI=1S/C17H22Cl2O4/c1-2-3-4-5-9-22-16(20)7-6-8-17(21)23-15-11-13(18)10-14(19)12-15/h10-12H,2-9H2,1H3. The van der Waals surface area contributed by atoms with Crippen molar-refractivity contribution in [3.05, 3.63) is 28.2 Å². The van der Waals surface area contributed by atoms with Crippen molar-refractivity contribution in [2.75, 3.05) is 6.61 Å². The molecule has 128 valence electrons. The molecule has 0 N–H and O–H groups in total. The van der Waals surface area contributed by atoms with Crippen molar-refractivity contribution >= 4 is 35.1 Å². The maximum atomic E-state index is 11.7. The maximum Gasteiger partial charge on any atom is 0.311 e. The summed E-state index contributed by atoms with van der Waals surface area (Å²) in [6.45, 7) is 2.58. The zero-order valence-corrected chi connectivity index (χ0v) is 14.8. The molecule has 0 aliphatic carbocycles. The number of esters is 2. The van der Waals surface area contributed by atoms with Gasteiger partial charge in [0, 0.05) is 22.9 Å². The number of carbonyl (C=O) groups excluding carboxylic acids is 2. The Kier molecular flexibility index (Phi) is 9.72. The van der Waals surface area contributed by atoms with E-state index in [1.54, 1.807) is 6.07 Å². The molecular formula is C17H22Cl2O4. The Morgan fingerprint density at radius 3 is 2.22 bits per heavy atom. The third-order valence-electron chi connectivity index (χ3n) is 3.09. The number of hydrogen-bond acceptors (Lipinski definition) is 4. The summed E-state index contributed by atoms with van der Waals surface area (Å²) in [4.78, 5) is 23.2. The lowest BCUT2D eigenvalue weighted by Crippen LogP contribution is -2.10. The number of ether oxygens (including phenoxy) is 2. The number of benzene rings is 1. The van der Waals surface area contributed by atoms with Gasteiger partial charge in [-0.15, -0.1) is 0 Å². The van der Waals surface area contributed by atoms with Crippen LogP contribution in [-0.2, 0) is 14.3 Å². The predicted octanol–water partition coefficient (Wildman–Crippen LogP) is 5.19. The Balaban J connectivity index is 2.17. The quantitative estimate of drug-likeness (QED) is 0.327. The molecule has 1 rings (SSSR count). The minimum Gasteiger partial charge on any atom is -0.466 e. The molecule has 4 nitrogen and oxygen atoms in total. The fourth-order valence-corrected chi connectivity index (χ4v) is 2.44. The van der Waals surface area contributed by atoms with Crippen LogP contribution in [0.4, 0.5) is 0 Å². The normalized spacial score (nSPS) is 10.4. The fourth-order valence-electron chi connectivity index (χ4n) is 1.93. The molecule has 0 heterocycles. The zero-order valence-electron chi connectivity index (χ0n) is 13.3. The molecule has 0 radical (unpaired) electrons. The van der Waals surface area contributed by atoms with E-state index in [0.29, 0.717) is 28.8 Å². The highest BCUT2D eigenvalue weighted by Gasteiger charge is 2.09. The fraction of sp³-hybridized carbons (Fsp3) is 0.529. The summed E-state index contributed by atoms with van der Waals surface area (Å²) in [5.74, 6) is -0.412. The van der Waals surface area contributed by atoms with Gasteiger partial charge in [-0.05, 0) is 31.0 Å². The summed E-state index contributed by atoms with van der Waals surface area (Å²) < 4.78 is 10.2. The van der Waals surface area contributed by atoms with Gasteiger partial charge in [0.25, 0.3) is 0 Å². The molecule has 0 amide bonds. The molecule has 6 heteroatoms. The van der Waals surface area contributed by atoms with Crippen molar-refractivity contribution in [2.45, 2.75) is 51.9 Å². The number of carbonyl (C=O) groups is 2. The van der Waals surface area contributed by atoms with Crippen LogP contribution in [0, 0.1) is 0 Å². The first-order valence-corrected chi connectivity index (χ1v) is 8.59. The summed E-state index contributed by atoms with van der Waals surface area (Å²) in [5, 5.41) is 0.791.